The third kappa shape index (κ3) is 4.70. The molecule has 3 aromatic heterocycles. The Morgan fingerprint density at radius 1 is 0.969 bits per heavy atom. The summed E-state index contributed by atoms with van der Waals surface area (Å²) < 4.78 is 0. The summed E-state index contributed by atoms with van der Waals surface area (Å²) in [5.74, 6) is 1.53. The van der Waals surface area contributed by atoms with Gasteiger partial charge in [0.15, 0.2) is 0 Å². The van der Waals surface area contributed by atoms with Crippen molar-refractivity contribution in [2.45, 2.75) is 44.6 Å². The number of piperidine rings is 1. The van der Waals surface area contributed by atoms with Gasteiger partial charge in [-0.2, -0.15) is 0 Å². The van der Waals surface area contributed by atoms with Gasteiger partial charge in [-0.05, 0) is 58.0 Å². The van der Waals surface area contributed by atoms with Gasteiger partial charge >= 0.3 is 0 Å². The molecule has 4 heterocycles. The molecule has 0 bridgehead atoms. The second-order valence-corrected chi connectivity index (χ2v) is 8.97. The molecule has 0 atom stereocenters. The van der Waals surface area contributed by atoms with Gasteiger partial charge < -0.3 is 15.5 Å². The largest absolute Gasteiger partial charge is 0.366 e. The highest BCUT2D eigenvalue weighted by Gasteiger charge is 2.23. The van der Waals surface area contributed by atoms with Crippen LogP contribution in [0.2, 0.25) is 0 Å². The molecule has 2 fully saturated rings. The van der Waals surface area contributed by atoms with E-state index in [-0.39, 0.29) is 11.8 Å². The molecule has 5 rings (SSSR count). The number of amides is 1. The maximum atomic E-state index is 12.5. The monoisotopic (exact) mass is 431 g/mol. The number of fused-ring (bicyclic) bond motifs is 1. The second kappa shape index (κ2) is 9.16. The Morgan fingerprint density at radius 3 is 2.59 bits per heavy atom. The minimum atomic E-state index is 0.0667. The lowest BCUT2D eigenvalue weighted by Crippen LogP contribution is -2.36. The zero-order chi connectivity index (χ0) is 21.9. The third-order valence-corrected chi connectivity index (χ3v) is 6.55. The Hall–Kier alpha value is -3.13. The average molecular weight is 432 g/mol. The molecule has 32 heavy (non-hydrogen) atoms. The summed E-state index contributed by atoms with van der Waals surface area (Å²) >= 11 is 0. The van der Waals surface area contributed by atoms with Gasteiger partial charge in [0.25, 0.3) is 0 Å². The Morgan fingerprint density at radius 2 is 1.78 bits per heavy atom. The summed E-state index contributed by atoms with van der Waals surface area (Å²) in [6.07, 6.45) is 13.4. The van der Waals surface area contributed by atoms with Crippen LogP contribution in [0.5, 0.6) is 0 Å². The molecule has 1 aliphatic carbocycles. The highest BCUT2D eigenvalue weighted by Crippen LogP contribution is 2.27. The van der Waals surface area contributed by atoms with E-state index in [0.29, 0.717) is 11.9 Å². The lowest BCUT2D eigenvalue weighted by molar-refractivity contribution is -0.119. The predicted octanol–water partition coefficient (Wildman–Crippen LogP) is 3.72. The average Bonchev–Trinajstić information content (AvgIpc) is 3.36. The molecule has 0 spiro atoms. The van der Waals surface area contributed by atoms with Crippen LogP contribution in [0.25, 0.3) is 22.2 Å². The van der Waals surface area contributed by atoms with Crippen LogP contribution in [0.4, 0.5) is 11.6 Å². The number of carbonyl (C=O) groups is 1. The maximum absolute atomic E-state index is 12.5. The Kier molecular flexibility index (Phi) is 5.94. The van der Waals surface area contributed by atoms with E-state index in [0.717, 1.165) is 79.6 Å². The van der Waals surface area contributed by atoms with Gasteiger partial charge in [-0.1, -0.05) is 12.8 Å². The summed E-state index contributed by atoms with van der Waals surface area (Å²) in [7, 11) is 2.16. The number of hydrogen-bond acceptors (Lipinski definition) is 7. The van der Waals surface area contributed by atoms with E-state index in [1.165, 1.54) is 0 Å². The SMILES string of the molecule is CN1CCC(Nc2cncc(-c3cnc4cnc(NC(=O)C5CCCC5)cc4c3)n2)CC1. The van der Waals surface area contributed by atoms with E-state index in [1.54, 1.807) is 24.8 Å². The van der Waals surface area contributed by atoms with E-state index in [4.69, 9.17) is 4.98 Å². The fraction of sp³-hybridized carbons (Fsp3) is 0.458. The van der Waals surface area contributed by atoms with E-state index in [1.807, 2.05) is 12.1 Å². The highest BCUT2D eigenvalue weighted by molar-refractivity contribution is 5.94. The summed E-state index contributed by atoms with van der Waals surface area (Å²) in [6.45, 7) is 2.18. The smallest absolute Gasteiger partial charge is 0.228 e. The molecule has 0 radical (unpaired) electrons. The molecule has 3 aromatic rings. The van der Waals surface area contributed by atoms with Gasteiger partial charge in [0.2, 0.25) is 5.91 Å². The molecule has 8 nitrogen and oxygen atoms in total. The number of likely N-dealkylation sites (tertiary alicyclic amines) is 1. The number of nitrogens with one attached hydrogen (secondary N) is 2. The first kappa shape index (κ1) is 20.8. The molecule has 1 saturated heterocycles. The Balaban J connectivity index is 1.34. The minimum absolute atomic E-state index is 0.0667. The molecule has 1 amide bonds. The summed E-state index contributed by atoms with van der Waals surface area (Å²) in [6, 6.07) is 4.33. The molecule has 2 N–H and O–H groups in total. The van der Waals surface area contributed by atoms with E-state index >= 15 is 0 Å². The van der Waals surface area contributed by atoms with Crippen molar-refractivity contribution in [3.05, 3.63) is 36.9 Å². The molecular formula is C24H29N7O. The minimum Gasteiger partial charge on any atom is -0.366 e. The normalized spacial score (nSPS) is 18.2. The van der Waals surface area contributed by atoms with Gasteiger partial charge in [-0.15, -0.1) is 0 Å². The number of pyridine rings is 2. The van der Waals surface area contributed by atoms with Crippen LogP contribution in [0.3, 0.4) is 0 Å². The van der Waals surface area contributed by atoms with Crippen molar-refractivity contribution in [1.82, 2.24) is 24.8 Å². The van der Waals surface area contributed by atoms with E-state index in [9.17, 15) is 4.79 Å². The topological polar surface area (TPSA) is 95.9 Å². The summed E-state index contributed by atoms with van der Waals surface area (Å²) in [4.78, 5) is 32.9. The molecule has 1 saturated carbocycles. The molecular weight excluding hydrogens is 402 g/mol. The first-order valence-corrected chi connectivity index (χ1v) is 11.5. The lowest BCUT2D eigenvalue weighted by atomic mass is 10.1. The van der Waals surface area contributed by atoms with Crippen molar-refractivity contribution in [3.8, 4) is 11.3 Å². The van der Waals surface area contributed by atoms with Crippen molar-refractivity contribution < 1.29 is 4.79 Å². The van der Waals surface area contributed by atoms with Crippen LogP contribution in [-0.4, -0.2) is 56.9 Å². The quantitative estimate of drug-likeness (QED) is 0.635. The van der Waals surface area contributed by atoms with Crippen molar-refractivity contribution in [2.24, 2.45) is 5.92 Å². The van der Waals surface area contributed by atoms with Crippen LogP contribution in [0, 0.1) is 5.92 Å². The van der Waals surface area contributed by atoms with Crippen LogP contribution >= 0.6 is 0 Å². The molecule has 1 aliphatic heterocycles. The number of hydrogen-bond donors (Lipinski definition) is 2. The van der Waals surface area contributed by atoms with Crippen LogP contribution < -0.4 is 10.6 Å². The van der Waals surface area contributed by atoms with Crippen LogP contribution in [0.15, 0.2) is 36.9 Å². The standard InChI is InChI=1S/C24H29N7O/c1-31-8-6-19(7-9-31)28-23-15-25-13-21(29-23)18-10-17-11-22(27-14-20(17)26-12-18)30-24(32)16-4-2-3-5-16/h10-16,19H,2-9H2,1H3,(H,28,29)(H,27,30,32). The summed E-state index contributed by atoms with van der Waals surface area (Å²) in [5.41, 5.74) is 2.43. The fourth-order valence-corrected chi connectivity index (χ4v) is 4.59. The second-order valence-electron chi connectivity index (χ2n) is 8.97. The van der Waals surface area contributed by atoms with Gasteiger partial charge in [0, 0.05) is 29.1 Å². The van der Waals surface area contributed by atoms with E-state index < -0.39 is 0 Å². The van der Waals surface area contributed by atoms with Crippen molar-refractivity contribution >= 4 is 28.4 Å². The Bertz CT molecular complexity index is 1100. The van der Waals surface area contributed by atoms with Crippen molar-refractivity contribution in [1.29, 1.82) is 0 Å². The third-order valence-electron chi connectivity index (χ3n) is 6.55. The maximum Gasteiger partial charge on any atom is 0.228 e. The number of anilines is 2. The number of aromatic nitrogens is 4. The summed E-state index contributed by atoms with van der Waals surface area (Å²) in [5, 5.41) is 7.41. The lowest BCUT2D eigenvalue weighted by Gasteiger charge is -2.29. The fourth-order valence-electron chi connectivity index (χ4n) is 4.59. The molecule has 2 aliphatic rings. The zero-order valence-corrected chi connectivity index (χ0v) is 18.4. The number of nitrogens with zero attached hydrogens (tertiary/aromatic N) is 5. The first-order chi connectivity index (χ1) is 15.6. The first-order valence-electron chi connectivity index (χ1n) is 11.5. The number of carbonyl (C=O) groups excluding carboxylic acids is 1. The highest BCUT2D eigenvalue weighted by atomic mass is 16.1. The molecule has 8 heteroatoms. The van der Waals surface area contributed by atoms with E-state index in [2.05, 4.69) is 37.5 Å². The van der Waals surface area contributed by atoms with Crippen LogP contribution in [0.1, 0.15) is 38.5 Å². The Labute approximate surface area is 187 Å². The molecule has 0 unspecified atom stereocenters. The zero-order valence-electron chi connectivity index (χ0n) is 18.4. The van der Waals surface area contributed by atoms with Gasteiger partial charge in [0.1, 0.15) is 11.6 Å². The molecule has 166 valence electrons. The van der Waals surface area contributed by atoms with Crippen LogP contribution in [-0.2, 0) is 4.79 Å². The van der Waals surface area contributed by atoms with Crippen molar-refractivity contribution in [2.75, 3.05) is 30.8 Å². The van der Waals surface area contributed by atoms with Gasteiger partial charge in [-0.3, -0.25) is 14.8 Å². The van der Waals surface area contributed by atoms with Gasteiger partial charge in [0.05, 0.1) is 29.8 Å². The predicted molar refractivity (Wildman–Crippen MR) is 125 cm³/mol. The van der Waals surface area contributed by atoms with Gasteiger partial charge in [-0.25, -0.2) is 9.97 Å². The number of rotatable bonds is 5. The molecule has 0 aromatic carbocycles. The van der Waals surface area contributed by atoms with Crippen molar-refractivity contribution in [3.63, 3.8) is 0 Å².